The highest BCUT2D eigenvalue weighted by atomic mass is 28.3. The van der Waals surface area contributed by atoms with Gasteiger partial charge in [-0.3, -0.25) is 0 Å². The molecule has 0 saturated heterocycles. The molecular weight excluding hydrogens is 639 g/mol. The average Bonchev–Trinajstić information content (AvgIpc) is 3.14. The number of nitrogens with zero attached hydrogens (tertiary/aromatic N) is 3. The summed E-state index contributed by atoms with van der Waals surface area (Å²) >= 11 is 0. The van der Waals surface area contributed by atoms with E-state index in [9.17, 15) is 0 Å². The van der Waals surface area contributed by atoms with Crippen LogP contribution in [0.4, 0.5) is 0 Å². The summed E-state index contributed by atoms with van der Waals surface area (Å²) in [5, 5.41) is 2.77. The molecule has 0 bridgehead atoms. The molecule has 0 aliphatic heterocycles. The lowest BCUT2D eigenvalue weighted by molar-refractivity contribution is 1.07. The summed E-state index contributed by atoms with van der Waals surface area (Å²) in [6.07, 6.45) is 0. The van der Waals surface area contributed by atoms with E-state index in [0.717, 1.165) is 27.8 Å². The van der Waals surface area contributed by atoms with E-state index in [0.29, 0.717) is 17.5 Å². The Bertz CT molecular complexity index is 2220. The Balaban J connectivity index is 1.31. The van der Waals surface area contributed by atoms with Crippen molar-refractivity contribution in [2.45, 2.75) is 39.3 Å². The van der Waals surface area contributed by atoms with Crippen molar-refractivity contribution in [1.82, 2.24) is 15.0 Å². The first-order chi connectivity index (χ1) is 24.0. The summed E-state index contributed by atoms with van der Waals surface area (Å²) in [6.45, 7) is 14.2. The fourth-order valence-electron chi connectivity index (χ4n) is 6.24. The molecule has 0 unspecified atom stereocenters. The predicted molar refractivity (Wildman–Crippen MR) is 218 cm³/mol. The van der Waals surface area contributed by atoms with Gasteiger partial charge >= 0.3 is 0 Å². The molecule has 246 valence electrons. The van der Waals surface area contributed by atoms with Gasteiger partial charge in [-0.05, 0) is 51.6 Å². The van der Waals surface area contributed by atoms with Crippen LogP contribution in [0.1, 0.15) is 0 Å². The molecule has 0 N–H and O–H groups in total. The lowest BCUT2D eigenvalue weighted by atomic mass is 9.95. The van der Waals surface area contributed by atoms with Crippen molar-refractivity contribution in [3.8, 4) is 67.5 Å². The maximum atomic E-state index is 5.13. The van der Waals surface area contributed by atoms with Crippen LogP contribution in [0.15, 0.2) is 152 Å². The van der Waals surface area contributed by atoms with Crippen molar-refractivity contribution in [2.24, 2.45) is 0 Å². The van der Waals surface area contributed by atoms with Gasteiger partial charge in [-0.25, -0.2) is 15.0 Å². The highest BCUT2D eigenvalue weighted by molar-refractivity contribution is 6.89. The van der Waals surface area contributed by atoms with Crippen LogP contribution in [0.5, 0.6) is 0 Å². The van der Waals surface area contributed by atoms with Crippen LogP contribution < -0.4 is 10.4 Å². The van der Waals surface area contributed by atoms with Crippen LogP contribution in [0.2, 0.25) is 39.3 Å². The topological polar surface area (TPSA) is 38.7 Å². The molecule has 3 nitrogen and oxygen atoms in total. The van der Waals surface area contributed by atoms with E-state index in [1.165, 1.54) is 32.6 Å². The third-order valence-electron chi connectivity index (χ3n) is 9.23. The largest absolute Gasteiger partial charge is 0.208 e. The van der Waals surface area contributed by atoms with Crippen LogP contribution in [-0.2, 0) is 0 Å². The predicted octanol–water partition coefficient (Wildman–Crippen LogP) is 11.0. The zero-order valence-electron chi connectivity index (χ0n) is 29.8. The molecule has 1 heterocycles. The second-order valence-corrected chi connectivity index (χ2v) is 25.2. The molecule has 7 rings (SSSR count). The number of rotatable bonds is 8. The van der Waals surface area contributed by atoms with E-state index < -0.39 is 16.1 Å². The van der Waals surface area contributed by atoms with Gasteiger partial charge in [0, 0.05) is 16.7 Å². The Morgan fingerprint density at radius 1 is 0.280 bits per heavy atom. The Hall–Kier alpha value is -5.24. The average molecular weight is 682 g/mol. The minimum atomic E-state index is -1.54. The summed E-state index contributed by atoms with van der Waals surface area (Å²) in [4.78, 5) is 15.4. The van der Waals surface area contributed by atoms with Crippen molar-refractivity contribution in [2.75, 3.05) is 0 Å². The molecule has 0 amide bonds. The van der Waals surface area contributed by atoms with Gasteiger partial charge in [0.05, 0.1) is 16.1 Å². The van der Waals surface area contributed by atoms with E-state index in [4.69, 9.17) is 15.0 Å². The Morgan fingerprint density at radius 2 is 0.560 bits per heavy atom. The third-order valence-corrected chi connectivity index (χ3v) is 13.3. The fourth-order valence-corrected chi connectivity index (χ4v) is 8.61. The summed E-state index contributed by atoms with van der Waals surface area (Å²) in [7, 11) is -3.09. The molecular formula is C45H43N3Si2. The lowest BCUT2D eigenvalue weighted by Crippen LogP contribution is -2.37. The smallest absolute Gasteiger partial charge is 0.164 e. The summed E-state index contributed by atoms with van der Waals surface area (Å²) in [5.41, 5.74) is 10.1. The van der Waals surface area contributed by atoms with Gasteiger partial charge in [0.15, 0.2) is 17.5 Å². The summed E-state index contributed by atoms with van der Waals surface area (Å²) in [6, 6.07) is 54.3. The van der Waals surface area contributed by atoms with Gasteiger partial charge in [0.25, 0.3) is 0 Å². The maximum absolute atomic E-state index is 5.13. The zero-order chi connectivity index (χ0) is 34.9. The van der Waals surface area contributed by atoms with Gasteiger partial charge in [-0.1, -0.05) is 183 Å². The molecule has 0 radical (unpaired) electrons. The SMILES string of the molecule is C[Si](C)(C)c1cccc(-c2nc(-c3cccc(-c4cccc(-c5cccc(-c6ccccc6)c5)c4)c3)nc(-c3cccc([Si](C)(C)C)c3)n2)c1. The normalized spacial score (nSPS) is 11.8. The van der Waals surface area contributed by atoms with Gasteiger partial charge in [0.2, 0.25) is 0 Å². The molecule has 0 saturated carbocycles. The summed E-state index contributed by atoms with van der Waals surface area (Å²) < 4.78 is 0. The minimum absolute atomic E-state index is 0.676. The van der Waals surface area contributed by atoms with Crippen LogP contribution in [0.3, 0.4) is 0 Å². The van der Waals surface area contributed by atoms with Crippen molar-refractivity contribution < 1.29 is 0 Å². The van der Waals surface area contributed by atoms with Crippen LogP contribution in [0.25, 0.3) is 67.5 Å². The third kappa shape index (κ3) is 7.35. The monoisotopic (exact) mass is 681 g/mol. The van der Waals surface area contributed by atoms with E-state index >= 15 is 0 Å². The highest BCUT2D eigenvalue weighted by Gasteiger charge is 2.20. The van der Waals surface area contributed by atoms with Crippen molar-refractivity contribution in [3.05, 3.63) is 152 Å². The van der Waals surface area contributed by atoms with Gasteiger partial charge in [0.1, 0.15) is 0 Å². The Labute approximate surface area is 298 Å². The second-order valence-electron chi connectivity index (χ2n) is 15.1. The Kier molecular flexibility index (Phi) is 9.04. The number of hydrogen-bond donors (Lipinski definition) is 0. The first-order valence-electron chi connectivity index (χ1n) is 17.4. The lowest BCUT2D eigenvalue weighted by Gasteiger charge is -2.18. The number of benzene rings is 6. The van der Waals surface area contributed by atoms with Crippen LogP contribution >= 0.6 is 0 Å². The number of aromatic nitrogens is 3. The van der Waals surface area contributed by atoms with Gasteiger partial charge in [-0.2, -0.15) is 0 Å². The minimum Gasteiger partial charge on any atom is -0.208 e. The van der Waals surface area contributed by atoms with E-state index in [1.807, 2.05) is 0 Å². The van der Waals surface area contributed by atoms with Crippen LogP contribution in [0, 0.1) is 0 Å². The first-order valence-corrected chi connectivity index (χ1v) is 24.4. The molecule has 0 fully saturated rings. The molecule has 50 heavy (non-hydrogen) atoms. The number of hydrogen-bond acceptors (Lipinski definition) is 3. The molecule has 0 aliphatic rings. The molecule has 0 aliphatic carbocycles. The van der Waals surface area contributed by atoms with Crippen molar-refractivity contribution in [1.29, 1.82) is 0 Å². The molecule has 6 aromatic carbocycles. The van der Waals surface area contributed by atoms with E-state index in [-0.39, 0.29) is 0 Å². The van der Waals surface area contributed by atoms with E-state index in [2.05, 4.69) is 191 Å². The van der Waals surface area contributed by atoms with Crippen molar-refractivity contribution >= 4 is 26.5 Å². The van der Waals surface area contributed by atoms with Crippen LogP contribution in [-0.4, -0.2) is 31.1 Å². The Morgan fingerprint density at radius 3 is 0.940 bits per heavy atom. The molecule has 7 aromatic rings. The fraction of sp³-hybridized carbons (Fsp3) is 0.133. The highest BCUT2D eigenvalue weighted by Crippen LogP contribution is 2.32. The van der Waals surface area contributed by atoms with Gasteiger partial charge < -0.3 is 0 Å². The molecule has 1 aromatic heterocycles. The molecule has 0 atom stereocenters. The second kappa shape index (κ2) is 13.6. The van der Waals surface area contributed by atoms with Crippen molar-refractivity contribution in [3.63, 3.8) is 0 Å². The molecule has 0 spiro atoms. The maximum Gasteiger partial charge on any atom is 0.164 e. The van der Waals surface area contributed by atoms with E-state index in [1.54, 1.807) is 0 Å². The summed E-state index contributed by atoms with van der Waals surface area (Å²) in [5.74, 6) is 2.08. The van der Waals surface area contributed by atoms with Gasteiger partial charge in [-0.15, -0.1) is 0 Å². The standard InChI is InChI=1S/C45H43N3Si2/c1-49(2,3)41-25-13-23-39(30-41)44-46-43(47-45(48-44)40-24-14-26-42(31-40)50(4,5)6)38-22-12-21-37(29-38)36-20-11-19-35(28-36)34-18-10-17-33(27-34)32-15-8-7-9-16-32/h7-31H,1-6H3. The molecule has 5 heteroatoms. The zero-order valence-corrected chi connectivity index (χ0v) is 31.8. The quantitative estimate of drug-likeness (QED) is 0.150. The first kappa shape index (κ1) is 33.3.